The lowest BCUT2D eigenvalue weighted by Gasteiger charge is -2.23. The minimum absolute atomic E-state index is 0.0657. The first kappa shape index (κ1) is 17.9. The van der Waals surface area contributed by atoms with Crippen molar-refractivity contribution in [3.63, 3.8) is 0 Å². The van der Waals surface area contributed by atoms with Crippen LogP contribution < -0.4 is 0 Å². The van der Waals surface area contributed by atoms with Gasteiger partial charge in [0.1, 0.15) is 5.41 Å². The molecule has 0 radical (unpaired) electrons. The summed E-state index contributed by atoms with van der Waals surface area (Å²) in [5, 5.41) is 9.49. The van der Waals surface area contributed by atoms with Gasteiger partial charge in [-0.05, 0) is 24.6 Å². The number of hydrogen-bond acceptors (Lipinski definition) is 4. The number of H-pyrrole nitrogens is 1. The zero-order valence-corrected chi connectivity index (χ0v) is 14.4. The number of nitrogens with one attached hydrogen (secondary N) is 1. The fourth-order valence-corrected chi connectivity index (χ4v) is 3.25. The second kappa shape index (κ2) is 7.13. The molecule has 0 saturated carbocycles. The first-order chi connectivity index (χ1) is 12.5. The van der Waals surface area contributed by atoms with Crippen molar-refractivity contribution in [2.75, 3.05) is 26.8 Å². The molecule has 0 bridgehead atoms. The van der Waals surface area contributed by atoms with Crippen molar-refractivity contribution in [1.82, 2.24) is 9.88 Å². The quantitative estimate of drug-likeness (QED) is 0.769. The number of aromatic amines is 1. The minimum Gasteiger partial charge on any atom is -0.481 e. The lowest BCUT2D eigenvalue weighted by Crippen LogP contribution is -2.40. The third-order valence-electron chi connectivity index (χ3n) is 4.77. The van der Waals surface area contributed by atoms with Crippen molar-refractivity contribution in [3.05, 3.63) is 59.4 Å². The summed E-state index contributed by atoms with van der Waals surface area (Å²) in [7, 11) is 1.45. The highest BCUT2D eigenvalue weighted by Crippen LogP contribution is 2.32. The van der Waals surface area contributed by atoms with Gasteiger partial charge in [0.25, 0.3) is 5.91 Å². The van der Waals surface area contributed by atoms with Crippen LogP contribution in [0.4, 0.5) is 0 Å². The summed E-state index contributed by atoms with van der Waals surface area (Å²) in [5.41, 5.74) is 0.403. The molecule has 2 aromatic rings. The van der Waals surface area contributed by atoms with Gasteiger partial charge in [0, 0.05) is 49.3 Å². The van der Waals surface area contributed by atoms with Gasteiger partial charge in [-0.15, -0.1) is 0 Å². The third kappa shape index (κ3) is 3.25. The van der Waals surface area contributed by atoms with E-state index in [9.17, 15) is 19.5 Å². The van der Waals surface area contributed by atoms with Gasteiger partial charge < -0.3 is 19.7 Å². The van der Waals surface area contributed by atoms with Crippen LogP contribution in [-0.4, -0.2) is 59.5 Å². The van der Waals surface area contributed by atoms with E-state index < -0.39 is 11.4 Å². The second-order valence-electron chi connectivity index (χ2n) is 6.50. The Balaban J connectivity index is 1.73. The second-order valence-corrected chi connectivity index (χ2v) is 6.50. The number of nitrogens with zero attached hydrogens (tertiary/aromatic N) is 1. The molecule has 7 nitrogen and oxygen atoms in total. The summed E-state index contributed by atoms with van der Waals surface area (Å²) in [6, 6.07) is 8.10. The van der Waals surface area contributed by atoms with Gasteiger partial charge in [0.2, 0.25) is 0 Å². The van der Waals surface area contributed by atoms with Crippen LogP contribution in [0.2, 0.25) is 0 Å². The van der Waals surface area contributed by atoms with Crippen molar-refractivity contribution < 1.29 is 24.2 Å². The molecule has 1 saturated heterocycles. The van der Waals surface area contributed by atoms with Crippen LogP contribution in [0, 0.1) is 5.41 Å². The SMILES string of the molecule is COCC1(C(=O)O)CCN(C(=O)c2ccc(C(=O)c3cc[nH]c3)cc2)C1. The van der Waals surface area contributed by atoms with Gasteiger partial charge in [0.15, 0.2) is 5.78 Å². The zero-order chi connectivity index (χ0) is 18.7. The lowest BCUT2D eigenvalue weighted by molar-refractivity contribution is -0.151. The van der Waals surface area contributed by atoms with Crippen LogP contribution in [0.1, 0.15) is 32.7 Å². The molecular formula is C19H20N2O5. The Labute approximate surface area is 150 Å². The number of likely N-dealkylation sites (tertiary alicyclic amines) is 1. The molecule has 1 fully saturated rings. The first-order valence-electron chi connectivity index (χ1n) is 8.26. The highest BCUT2D eigenvalue weighted by Gasteiger charge is 2.46. The maximum atomic E-state index is 12.7. The molecular weight excluding hydrogens is 336 g/mol. The lowest BCUT2D eigenvalue weighted by atomic mass is 9.88. The fraction of sp³-hybridized carbons (Fsp3) is 0.316. The Morgan fingerprint density at radius 2 is 1.85 bits per heavy atom. The van der Waals surface area contributed by atoms with E-state index in [1.165, 1.54) is 12.0 Å². The van der Waals surface area contributed by atoms with E-state index in [1.54, 1.807) is 42.7 Å². The van der Waals surface area contributed by atoms with Crippen molar-refractivity contribution in [2.24, 2.45) is 5.41 Å². The fourth-order valence-electron chi connectivity index (χ4n) is 3.25. The van der Waals surface area contributed by atoms with E-state index in [2.05, 4.69) is 4.98 Å². The molecule has 1 atom stereocenters. The molecule has 0 aliphatic carbocycles. The Morgan fingerprint density at radius 1 is 1.15 bits per heavy atom. The summed E-state index contributed by atoms with van der Waals surface area (Å²) >= 11 is 0. The number of carboxylic acid groups (broad SMARTS) is 1. The molecule has 2 N–H and O–H groups in total. The van der Waals surface area contributed by atoms with Crippen LogP contribution in [0.15, 0.2) is 42.7 Å². The molecule has 3 rings (SSSR count). The van der Waals surface area contributed by atoms with Crippen LogP contribution in [0.3, 0.4) is 0 Å². The first-order valence-corrected chi connectivity index (χ1v) is 8.26. The molecule has 7 heteroatoms. The average Bonchev–Trinajstić information content (AvgIpc) is 3.32. The van der Waals surface area contributed by atoms with Crippen LogP contribution in [-0.2, 0) is 9.53 Å². The standard InChI is InChI=1S/C19H20N2O5/c1-26-12-19(18(24)25)7-9-21(11-19)17(23)14-4-2-13(3-5-14)16(22)15-6-8-20-10-15/h2-6,8,10,20H,7,9,11-12H2,1H3,(H,24,25). The molecule has 0 spiro atoms. The van der Waals surface area contributed by atoms with Gasteiger partial charge >= 0.3 is 5.97 Å². The van der Waals surface area contributed by atoms with Crippen LogP contribution >= 0.6 is 0 Å². The molecule has 1 aliphatic heterocycles. The van der Waals surface area contributed by atoms with Gasteiger partial charge in [0.05, 0.1) is 6.61 Å². The Hall–Kier alpha value is -2.93. The van der Waals surface area contributed by atoms with Gasteiger partial charge in [-0.1, -0.05) is 12.1 Å². The molecule has 26 heavy (non-hydrogen) atoms. The number of rotatable bonds is 6. The van der Waals surface area contributed by atoms with E-state index in [0.29, 0.717) is 29.7 Å². The Bertz CT molecular complexity index is 813. The Kier molecular flexibility index (Phi) is 4.90. The number of carbonyl (C=O) groups is 3. The number of carboxylic acids is 1. The molecule has 136 valence electrons. The molecule has 2 heterocycles. The largest absolute Gasteiger partial charge is 0.481 e. The van der Waals surface area contributed by atoms with Gasteiger partial charge in [-0.25, -0.2) is 0 Å². The topological polar surface area (TPSA) is 99.7 Å². The predicted molar refractivity (Wildman–Crippen MR) is 93.1 cm³/mol. The number of hydrogen-bond donors (Lipinski definition) is 2. The maximum absolute atomic E-state index is 12.7. The minimum atomic E-state index is -1.06. The smallest absolute Gasteiger partial charge is 0.313 e. The van der Waals surface area contributed by atoms with Crippen molar-refractivity contribution >= 4 is 17.7 Å². The Morgan fingerprint density at radius 3 is 2.42 bits per heavy atom. The summed E-state index contributed by atoms with van der Waals surface area (Å²) in [4.78, 5) is 40.9. The maximum Gasteiger partial charge on any atom is 0.313 e. The zero-order valence-electron chi connectivity index (χ0n) is 14.4. The van der Waals surface area contributed by atoms with E-state index in [4.69, 9.17) is 4.74 Å². The molecule has 1 aromatic carbocycles. The molecule has 1 aliphatic rings. The van der Waals surface area contributed by atoms with Crippen molar-refractivity contribution in [1.29, 1.82) is 0 Å². The number of aliphatic carboxylic acids is 1. The average molecular weight is 356 g/mol. The summed E-state index contributed by atoms with van der Waals surface area (Å²) < 4.78 is 5.04. The normalized spacial score (nSPS) is 19.5. The highest BCUT2D eigenvalue weighted by molar-refractivity contribution is 6.09. The molecule has 1 aromatic heterocycles. The predicted octanol–water partition coefficient (Wildman–Crippen LogP) is 1.81. The number of methoxy groups -OCH3 is 1. The van der Waals surface area contributed by atoms with Gasteiger partial charge in [-0.3, -0.25) is 14.4 Å². The number of ketones is 1. The number of benzene rings is 1. The summed E-state index contributed by atoms with van der Waals surface area (Å²) in [5.74, 6) is -1.33. The van der Waals surface area contributed by atoms with Crippen molar-refractivity contribution in [3.8, 4) is 0 Å². The van der Waals surface area contributed by atoms with E-state index in [0.717, 1.165) is 0 Å². The van der Waals surface area contributed by atoms with Gasteiger partial charge in [-0.2, -0.15) is 0 Å². The summed E-state index contributed by atoms with van der Waals surface area (Å²) in [6.07, 6.45) is 3.64. The number of amides is 1. The number of ether oxygens (including phenoxy) is 1. The highest BCUT2D eigenvalue weighted by atomic mass is 16.5. The van der Waals surface area contributed by atoms with Crippen LogP contribution in [0.25, 0.3) is 0 Å². The van der Waals surface area contributed by atoms with E-state index in [-0.39, 0.29) is 24.8 Å². The van der Waals surface area contributed by atoms with Crippen LogP contribution in [0.5, 0.6) is 0 Å². The monoisotopic (exact) mass is 356 g/mol. The van der Waals surface area contributed by atoms with Crippen molar-refractivity contribution in [2.45, 2.75) is 6.42 Å². The molecule has 1 unspecified atom stereocenters. The third-order valence-corrected chi connectivity index (χ3v) is 4.77. The molecule has 1 amide bonds. The van der Waals surface area contributed by atoms with E-state index >= 15 is 0 Å². The number of carbonyl (C=O) groups excluding carboxylic acids is 2. The van der Waals surface area contributed by atoms with E-state index in [1.807, 2.05) is 0 Å². The number of aromatic nitrogens is 1. The summed E-state index contributed by atoms with van der Waals surface area (Å²) in [6.45, 7) is 0.535.